The van der Waals surface area contributed by atoms with Crippen molar-refractivity contribution in [3.8, 4) is 0 Å². The first kappa shape index (κ1) is 11.9. The van der Waals surface area contributed by atoms with E-state index in [1.165, 1.54) is 12.8 Å². The lowest BCUT2D eigenvalue weighted by molar-refractivity contribution is -0.147. The first-order valence-electron chi connectivity index (χ1n) is 7.63. The van der Waals surface area contributed by atoms with Gasteiger partial charge in [0.1, 0.15) is 0 Å². The molecule has 3 saturated heterocycles. The number of hydrogen-bond donors (Lipinski definition) is 1. The van der Waals surface area contributed by atoms with Crippen LogP contribution in [0, 0.1) is 11.8 Å². The number of piperidine rings is 3. The van der Waals surface area contributed by atoms with Crippen molar-refractivity contribution in [2.24, 2.45) is 11.8 Å². The molecule has 0 aliphatic carbocycles. The van der Waals surface area contributed by atoms with Gasteiger partial charge in [-0.3, -0.25) is 9.69 Å². The average molecular weight is 262 g/mol. The second-order valence-corrected chi connectivity index (χ2v) is 6.64. The fourth-order valence-electron chi connectivity index (χ4n) is 4.97. The third-order valence-electron chi connectivity index (χ3n) is 5.60. The van der Waals surface area contributed by atoms with Gasteiger partial charge in [-0.15, -0.1) is 0 Å². The van der Waals surface area contributed by atoms with Crippen LogP contribution in [0.25, 0.3) is 0 Å². The third kappa shape index (κ3) is 1.77. The van der Waals surface area contributed by atoms with Crippen LogP contribution in [0.4, 0.5) is 0 Å². The molecule has 0 radical (unpaired) electrons. The van der Waals surface area contributed by atoms with Gasteiger partial charge in [-0.1, -0.05) is 6.08 Å². The molecule has 0 bridgehead atoms. The molecule has 0 aromatic rings. The maximum absolute atomic E-state index is 12.1. The Labute approximate surface area is 114 Å². The van der Waals surface area contributed by atoms with Crippen LogP contribution < -0.4 is 0 Å². The van der Waals surface area contributed by atoms with E-state index in [9.17, 15) is 9.90 Å². The van der Waals surface area contributed by atoms with Crippen molar-refractivity contribution in [1.29, 1.82) is 0 Å². The Balaban J connectivity index is 1.69. The number of amides is 1. The lowest BCUT2D eigenvalue weighted by atomic mass is 9.68. The fraction of sp³-hybridized carbons (Fsp3) is 0.800. The van der Waals surface area contributed by atoms with E-state index >= 15 is 0 Å². The van der Waals surface area contributed by atoms with Gasteiger partial charge < -0.3 is 10.0 Å². The topological polar surface area (TPSA) is 43.8 Å². The molecule has 0 saturated carbocycles. The van der Waals surface area contributed by atoms with Gasteiger partial charge in [-0.25, -0.2) is 0 Å². The molecule has 4 heterocycles. The Morgan fingerprint density at radius 1 is 1.32 bits per heavy atom. The minimum atomic E-state index is -0.207. The summed E-state index contributed by atoms with van der Waals surface area (Å²) in [6, 6.07) is 0.937. The van der Waals surface area contributed by atoms with Gasteiger partial charge in [-0.2, -0.15) is 0 Å². The minimum Gasteiger partial charge on any atom is -0.392 e. The normalized spacial score (nSPS) is 45.8. The van der Waals surface area contributed by atoms with Gasteiger partial charge in [0.05, 0.1) is 6.10 Å². The Morgan fingerprint density at radius 2 is 2.21 bits per heavy atom. The lowest BCUT2D eigenvalue weighted by Gasteiger charge is -2.58. The molecule has 0 unspecified atom stereocenters. The van der Waals surface area contributed by atoms with E-state index in [0.29, 0.717) is 23.9 Å². The highest BCUT2D eigenvalue weighted by Gasteiger charge is 2.51. The molecule has 0 aromatic carbocycles. The predicted octanol–water partition coefficient (Wildman–Crippen LogP) is 0.619. The molecule has 4 nitrogen and oxygen atoms in total. The number of aliphatic hydroxyl groups excluding tert-OH is 1. The molecule has 4 rings (SSSR count). The molecule has 0 aromatic heterocycles. The molecule has 4 aliphatic rings. The average Bonchev–Trinajstić information content (AvgIpc) is 2.40. The summed E-state index contributed by atoms with van der Waals surface area (Å²) >= 11 is 0. The maximum atomic E-state index is 12.1. The van der Waals surface area contributed by atoms with Crippen LogP contribution in [-0.2, 0) is 4.79 Å². The van der Waals surface area contributed by atoms with Crippen LogP contribution in [0.15, 0.2) is 12.2 Å². The van der Waals surface area contributed by atoms with E-state index in [1.807, 2.05) is 6.08 Å². The van der Waals surface area contributed by atoms with Crippen LogP contribution >= 0.6 is 0 Å². The molecule has 3 fully saturated rings. The molecule has 19 heavy (non-hydrogen) atoms. The summed E-state index contributed by atoms with van der Waals surface area (Å²) in [5.74, 6) is 1.28. The molecule has 4 aliphatic heterocycles. The largest absolute Gasteiger partial charge is 0.392 e. The van der Waals surface area contributed by atoms with E-state index in [-0.39, 0.29) is 12.0 Å². The zero-order valence-corrected chi connectivity index (χ0v) is 11.2. The van der Waals surface area contributed by atoms with Crippen molar-refractivity contribution in [3.63, 3.8) is 0 Å². The SMILES string of the molecule is O=C1C=CC[C@@H]2[C@H]3C[C@H](O)CN4CCC[C@H](CN12)[C@@H]34. The second kappa shape index (κ2) is 4.32. The van der Waals surface area contributed by atoms with E-state index < -0.39 is 0 Å². The highest BCUT2D eigenvalue weighted by molar-refractivity contribution is 5.88. The molecule has 1 amide bonds. The number of rotatable bonds is 0. The zero-order chi connectivity index (χ0) is 13.0. The highest BCUT2D eigenvalue weighted by Crippen LogP contribution is 2.43. The number of nitrogens with zero attached hydrogens (tertiary/aromatic N) is 2. The minimum absolute atomic E-state index is 0.187. The fourth-order valence-corrected chi connectivity index (χ4v) is 4.97. The van der Waals surface area contributed by atoms with Crippen LogP contribution in [-0.4, -0.2) is 58.6 Å². The predicted molar refractivity (Wildman–Crippen MR) is 71.5 cm³/mol. The summed E-state index contributed by atoms with van der Waals surface area (Å²) in [6.45, 7) is 2.90. The Bertz CT molecular complexity index is 422. The van der Waals surface area contributed by atoms with Crippen LogP contribution in [0.1, 0.15) is 25.7 Å². The molecule has 104 valence electrons. The first-order valence-corrected chi connectivity index (χ1v) is 7.63. The summed E-state index contributed by atoms with van der Waals surface area (Å²) in [5, 5.41) is 10.2. The number of fused-ring (bicyclic) bond motifs is 2. The maximum Gasteiger partial charge on any atom is 0.246 e. The van der Waals surface area contributed by atoms with Gasteiger partial charge in [0.25, 0.3) is 0 Å². The van der Waals surface area contributed by atoms with Crippen molar-refractivity contribution >= 4 is 5.91 Å². The van der Waals surface area contributed by atoms with Crippen molar-refractivity contribution in [2.75, 3.05) is 19.6 Å². The second-order valence-electron chi connectivity index (χ2n) is 6.64. The van der Waals surface area contributed by atoms with Gasteiger partial charge in [0, 0.05) is 25.2 Å². The number of aliphatic hydroxyl groups is 1. The van der Waals surface area contributed by atoms with Gasteiger partial charge >= 0.3 is 0 Å². The smallest absolute Gasteiger partial charge is 0.246 e. The molecular formula is C15H22N2O2. The standard InChI is InChI=1S/C15H22N2O2/c18-11-7-12-13-4-1-5-14(19)17(13)8-10-3-2-6-16(9-11)15(10)12/h1,5,10-13,15,18H,2-4,6-9H2/t10-,11+,12-,13-,15+/m1/s1. The molecule has 1 N–H and O–H groups in total. The summed E-state index contributed by atoms with van der Waals surface area (Å²) in [4.78, 5) is 16.7. The molecule has 4 heteroatoms. The Kier molecular flexibility index (Phi) is 2.71. The molecule has 5 atom stereocenters. The monoisotopic (exact) mass is 262 g/mol. The van der Waals surface area contributed by atoms with Crippen LogP contribution in [0.3, 0.4) is 0 Å². The number of carbonyl (C=O) groups excluding carboxylic acids is 1. The number of carbonyl (C=O) groups is 1. The van der Waals surface area contributed by atoms with Gasteiger partial charge in [-0.05, 0) is 50.1 Å². The Hall–Kier alpha value is -0.870. The van der Waals surface area contributed by atoms with Crippen molar-refractivity contribution < 1.29 is 9.90 Å². The Morgan fingerprint density at radius 3 is 3.11 bits per heavy atom. The van der Waals surface area contributed by atoms with Gasteiger partial charge in [0.15, 0.2) is 0 Å². The zero-order valence-electron chi connectivity index (χ0n) is 11.2. The summed E-state index contributed by atoms with van der Waals surface area (Å²) in [5.41, 5.74) is 0. The van der Waals surface area contributed by atoms with E-state index in [2.05, 4.69) is 9.80 Å². The summed E-state index contributed by atoms with van der Waals surface area (Å²) in [7, 11) is 0. The highest BCUT2D eigenvalue weighted by atomic mass is 16.3. The van der Waals surface area contributed by atoms with Crippen molar-refractivity contribution in [1.82, 2.24) is 9.80 Å². The van der Waals surface area contributed by atoms with E-state index in [0.717, 1.165) is 32.5 Å². The van der Waals surface area contributed by atoms with Gasteiger partial charge in [0.2, 0.25) is 5.91 Å². The third-order valence-corrected chi connectivity index (χ3v) is 5.60. The summed E-state index contributed by atoms with van der Waals surface area (Å²) < 4.78 is 0. The molecular weight excluding hydrogens is 240 g/mol. The molecule has 0 spiro atoms. The first-order chi connectivity index (χ1) is 9.24. The van der Waals surface area contributed by atoms with Crippen molar-refractivity contribution in [2.45, 2.75) is 43.9 Å². The quantitative estimate of drug-likeness (QED) is 0.696. The van der Waals surface area contributed by atoms with Crippen LogP contribution in [0.2, 0.25) is 0 Å². The number of hydrogen-bond acceptors (Lipinski definition) is 3. The summed E-state index contributed by atoms with van der Waals surface area (Å²) in [6.07, 6.45) is 7.85. The van der Waals surface area contributed by atoms with Crippen LogP contribution in [0.5, 0.6) is 0 Å². The van der Waals surface area contributed by atoms with E-state index in [4.69, 9.17) is 0 Å². The van der Waals surface area contributed by atoms with E-state index in [1.54, 1.807) is 6.08 Å². The lowest BCUT2D eigenvalue weighted by Crippen LogP contribution is -2.67. The van der Waals surface area contributed by atoms with Crippen molar-refractivity contribution in [3.05, 3.63) is 12.2 Å².